The second-order valence-electron chi connectivity index (χ2n) is 6.34. The van der Waals surface area contributed by atoms with Crippen LogP contribution in [0.3, 0.4) is 0 Å². The van der Waals surface area contributed by atoms with Crippen molar-refractivity contribution < 1.29 is 18.8 Å². The zero-order valence-electron chi connectivity index (χ0n) is 14.3. The number of carbonyl (C=O) groups excluding carboxylic acids is 3. The molecule has 8 nitrogen and oxygen atoms in total. The Morgan fingerprint density at radius 1 is 1.38 bits per heavy atom. The molecular formula is C16H24N4O4. The smallest absolute Gasteiger partial charge is 0.245 e. The Hall–Kier alpha value is -2.38. The van der Waals surface area contributed by atoms with Gasteiger partial charge in [0.1, 0.15) is 17.5 Å². The number of primary amides is 1. The summed E-state index contributed by atoms with van der Waals surface area (Å²) in [6.07, 6.45) is 0.813. The number of nitrogens with two attached hydrogens (primary N) is 1. The highest BCUT2D eigenvalue weighted by Crippen LogP contribution is 2.24. The van der Waals surface area contributed by atoms with E-state index in [-0.39, 0.29) is 30.6 Å². The first-order chi connectivity index (χ1) is 11.3. The van der Waals surface area contributed by atoms with E-state index in [0.717, 1.165) is 11.5 Å². The van der Waals surface area contributed by atoms with Crippen LogP contribution in [0.1, 0.15) is 56.9 Å². The number of nitrogens with one attached hydrogen (secondary N) is 1. The van der Waals surface area contributed by atoms with Crippen molar-refractivity contribution in [1.82, 2.24) is 15.2 Å². The summed E-state index contributed by atoms with van der Waals surface area (Å²) < 4.78 is 5.72. The second kappa shape index (κ2) is 7.46. The fourth-order valence-electron chi connectivity index (χ4n) is 2.66. The number of carbonyl (C=O) groups is 3. The maximum absolute atomic E-state index is 12.7. The normalized spacial score (nSPS) is 15.1. The van der Waals surface area contributed by atoms with Gasteiger partial charge in [0.05, 0.1) is 6.54 Å². The zero-order chi connectivity index (χ0) is 17.9. The largest absolute Gasteiger partial charge is 0.445 e. The minimum atomic E-state index is -0.756. The lowest BCUT2D eigenvalue weighted by Crippen LogP contribution is -2.49. The quantitative estimate of drug-likeness (QED) is 0.782. The lowest BCUT2D eigenvalue weighted by molar-refractivity contribution is -0.137. The monoisotopic (exact) mass is 336 g/mol. The molecular weight excluding hydrogens is 312 g/mol. The molecule has 0 bridgehead atoms. The van der Waals surface area contributed by atoms with E-state index in [0.29, 0.717) is 25.4 Å². The first-order valence-electron chi connectivity index (χ1n) is 8.10. The molecule has 2 heterocycles. The summed E-state index contributed by atoms with van der Waals surface area (Å²) in [6.45, 7) is 6.17. The van der Waals surface area contributed by atoms with Gasteiger partial charge in [-0.05, 0) is 6.42 Å². The van der Waals surface area contributed by atoms with Gasteiger partial charge in [0, 0.05) is 32.2 Å². The average Bonchev–Trinajstić information content (AvgIpc) is 2.93. The minimum Gasteiger partial charge on any atom is -0.445 e. The predicted molar refractivity (Wildman–Crippen MR) is 85.7 cm³/mol. The summed E-state index contributed by atoms with van der Waals surface area (Å²) in [6, 6.07) is -0.756. The van der Waals surface area contributed by atoms with E-state index in [1.165, 1.54) is 6.92 Å². The number of hydrogen-bond donors (Lipinski definition) is 2. The van der Waals surface area contributed by atoms with Crippen molar-refractivity contribution in [3.63, 3.8) is 0 Å². The van der Waals surface area contributed by atoms with Gasteiger partial charge in [-0.1, -0.05) is 13.8 Å². The third-order valence-electron chi connectivity index (χ3n) is 3.90. The summed E-state index contributed by atoms with van der Waals surface area (Å²) in [5.74, 6) is 0.613. The third-order valence-corrected chi connectivity index (χ3v) is 3.90. The molecule has 0 saturated heterocycles. The molecule has 132 valence electrons. The highest BCUT2D eigenvalue weighted by atomic mass is 16.4. The Morgan fingerprint density at radius 3 is 2.67 bits per heavy atom. The van der Waals surface area contributed by atoms with Gasteiger partial charge in [-0.2, -0.15) is 0 Å². The SMILES string of the molecule is CC(=O)N[C@@H](CCC(N)=O)C(=O)N1CCc2oc(C(C)C)nc2C1. The molecule has 1 aromatic rings. The van der Waals surface area contributed by atoms with Crippen molar-refractivity contribution in [3.8, 4) is 0 Å². The topological polar surface area (TPSA) is 119 Å². The number of fused-ring (bicyclic) bond motifs is 1. The van der Waals surface area contributed by atoms with E-state index in [2.05, 4.69) is 10.3 Å². The van der Waals surface area contributed by atoms with Gasteiger partial charge < -0.3 is 20.4 Å². The Labute approximate surface area is 140 Å². The van der Waals surface area contributed by atoms with Gasteiger partial charge >= 0.3 is 0 Å². The van der Waals surface area contributed by atoms with Crippen LogP contribution < -0.4 is 11.1 Å². The molecule has 3 amide bonds. The van der Waals surface area contributed by atoms with Crippen LogP contribution in [-0.4, -0.2) is 40.2 Å². The number of aromatic nitrogens is 1. The molecule has 8 heteroatoms. The van der Waals surface area contributed by atoms with E-state index in [9.17, 15) is 14.4 Å². The molecule has 1 aliphatic rings. The number of rotatable bonds is 6. The van der Waals surface area contributed by atoms with E-state index in [4.69, 9.17) is 10.2 Å². The summed E-state index contributed by atoms with van der Waals surface area (Å²) in [5.41, 5.74) is 5.90. The second-order valence-corrected chi connectivity index (χ2v) is 6.34. The van der Waals surface area contributed by atoms with Gasteiger partial charge in [0.2, 0.25) is 17.7 Å². The standard InChI is InChI=1S/C16H24N4O4/c1-9(2)15-19-12-8-20(7-6-13(12)24-15)16(23)11(18-10(3)21)4-5-14(17)22/h9,11H,4-8H2,1-3H3,(H2,17,22)(H,18,21)/t11-/m0/s1. The summed E-state index contributed by atoms with van der Waals surface area (Å²) in [5, 5.41) is 2.60. The van der Waals surface area contributed by atoms with Crippen LogP contribution in [0.4, 0.5) is 0 Å². The van der Waals surface area contributed by atoms with E-state index >= 15 is 0 Å². The van der Waals surface area contributed by atoms with Crippen molar-refractivity contribution in [2.75, 3.05) is 6.54 Å². The number of hydrogen-bond acceptors (Lipinski definition) is 5. The van der Waals surface area contributed by atoms with Gasteiger partial charge in [-0.25, -0.2) is 4.98 Å². The third kappa shape index (κ3) is 4.33. The molecule has 24 heavy (non-hydrogen) atoms. The summed E-state index contributed by atoms with van der Waals surface area (Å²) in [7, 11) is 0. The van der Waals surface area contributed by atoms with Crippen molar-refractivity contribution in [2.24, 2.45) is 5.73 Å². The average molecular weight is 336 g/mol. The maximum atomic E-state index is 12.7. The molecule has 0 spiro atoms. The summed E-state index contributed by atoms with van der Waals surface area (Å²) in [4.78, 5) is 41.1. The zero-order valence-corrected chi connectivity index (χ0v) is 14.3. The Morgan fingerprint density at radius 2 is 2.08 bits per heavy atom. The Balaban J connectivity index is 2.09. The van der Waals surface area contributed by atoms with Gasteiger partial charge in [-0.15, -0.1) is 0 Å². The van der Waals surface area contributed by atoms with Crippen molar-refractivity contribution >= 4 is 17.7 Å². The van der Waals surface area contributed by atoms with Crippen LogP contribution >= 0.6 is 0 Å². The lowest BCUT2D eigenvalue weighted by atomic mass is 10.1. The molecule has 3 N–H and O–H groups in total. The fraction of sp³-hybridized carbons (Fsp3) is 0.625. The van der Waals surface area contributed by atoms with Crippen LogP contribution in [0.2, 0.25) is 0 Å². The molecule has 0 aromatic carbocycles. The summed E-state index contributed by atoms with van der Waals surface area (Å²) >= 11 is 0. The van der Waals surface area contributed by atoms with Crippen LogP contribution in [0.25, 0.3) is 0 Å². The number of oxazole rings is 1. The predicted octanol–water partition coefficient (Wildman–Crippen LogP) is 0.453. The Kier molecular flexibility index (Phi) is 5.58. The van der Waals surface area contributed by atoms with Crippen LogP contribution in [0, 0.1) is 0 Å². The minimum absolute atomic E-state index is 0.0389. The molecule has 0 unspecified atom stereocenters. The number of nitrogens with zero attached hydrogens (tertiary/aromatic N) is 2. The molecule has 1 atom stereocenters. The van der Waals surface area contributed by atoms with Crippen molar-refractivity contribution in [1.29, 1.82) is 0 Å². The van der Waals surface area contributed by atoms with Crippen LogP contribution in [0.15, 0.2) is 4.42 Å². The fourth-order valence-corrected chi connectivity index (χ4v) is 2.66. The first kappa shape index (κ1) is 18.0. The van der Waals surface area contributed by atoms with Crippen molar-refractivity contribution in [3.05, 3.63) is 17.3 Å². The highest BCUT2D eigenvalue weighted by molar-refractivity contribution is 5.87. The van der Waals surface area contributed by atoms with Gasteiger partial charge in [0.25, 0.3) is 0 Å². The Bertz CT molecular complexity index is 638. The lowest BCUT2D eigenvalue weighted by Gasteiger charge is -2.29. The van der Waals surface area contributed by atoms with E-state index in [1.54, 1.807) is 4.90 Å². The molecule has 1 aliphatic heterocycles. The molecule has 2 rings (SSSR count). The van der Waals surface area contributed by atoms with E-state index < -0.39 is 11.9 Å². The van der Waals surface area contributed by atoms with Gasteiger partial charge in [-0.3, -0.25) is 14.4 Å². The van der Waals surface area contributed by atoms with Crippen molar-refractivity contribution in [2.45, 2.75) is 58.5 Å². The molecule has 1 aromatic heterocycles. The van der Waals surface area contributed by atoms with E-state index in [1.807, 2.05) is 13.8 Å². The highest BCUT2D eigenvalue weighted by Gasteiger charge is 2.30. The van der Waals surface area contributed by atoms with Crippen LogP contribution in [0.5, 0.6) is 0 Å². The maximum Gasteiger partial charge on any atom is 0.245 e. The molecule has 0 fully saturated rings. The molecule has 0 aliphatic carbocycles. The number of amides is 3. The van der Waals surface area contributed by atoms with Crippen LogP contribution in [-0.2, 0) is 27.3 Å². The molecule has 0 radical (unpaired) electrons. The molecule has 0 saturated carbocycles. The van der Waals surface area contributed by atoms with Gasteiger partial charge in [0.15, 0.2) is 5.89 Å². The first-order valence-corrected chi connectivity index (χ1v) is 8.10.